The maximum absolute atomic E-state index is 13.3. The zero-order valence-electron chi connectivity index (χ0n) is 17.3. The molecule has 3 aromatic carbocycles. The molecule has 1 aliphatic heterocycles. The summed E-state index contributed by atoms with van der Waals surface area (Å²) in [6.07, 6.45) is 0. The molecule has 0 spiro atoms. The molecule has 0 unspecified atom stereocenters. The highest BCUT2D eigenvalue weighted by Crippen LogP contribution is 2.31. The molecule has 0 bridgehead atoms. The number of anilines is 1. The number of sulfonamides is 1. The van der Waals surface area contributed by atoms with Gasteiger partial charge in [0.2, 0.25) is 10.0 Å². The van der Waals surface area contributed by atoms with Crippen molar-refractivity contribution in [2.75, 3.05) is 38.3 Å². The van der Waals surface area contributed by atoms with Gasteiger partial charge in [0.1, 0.15) is 0 Å². The first-order valence-electron chi connectivity index (χ1n) is 10.1. The molecule has 0 saturated carbocycles. The number of para-hydroxylation sites is 1. The Morgan fingerprint density at radius 3 is 2.32 bits per heavy atom. The second kappa shape index (κ2) is 9.01. The first-order valence-corrected chi connectivity index (χ1v) is 11.5. The average Bonchev–Trinajstić information content (AvgIpc) is 2.84. The van der Waals surface area contributed by atoms with Crippen molar-refractivity contribution < 1.29 is 17.9 Å². The van der Waals surface area contributed by atoms with Gasteiger partial charge < -0.3 is 9.64 Å². The van der Waals surface area contributed by atoms with Crippen LogP contribution in [0.5, 0.6) is 0 Å². The van der Waals surface area contributed by atoms with Crippen LogP contribution >= 0.6 is 0 Å². The third-order valence-corrected chi connectivity index (χ3v) is 7.24. The zero-order chi connectivity index (χ0) is 21.8. The molecule has 160 valence electrons. The lowest BCUT2D eigenvalue weighted by molar-refractivity contribution is 0.0730. The van der Waals surface area contributed by atoms with Gasteiger partial charge in [-0.15, -0.1) is 0 Å². The number of rotatable bonds is 5. The van der Waals surface area contributed by atoms with E-state index in [-0.39, 0.29) is 10.8 Å². The van der Waals surface area contributed by atoms with Crippen molar-refractivity contribution in [3.05, 3.63) is 84.4 Å². The van der Waals surface area contributed by atoms with Gasteiger partial charge in [0, 0.05) is 31.3 Å². The molecule has 1 aliphatic rings. The fraction of sp³-hybridized carbons (Fsp3) is 0.208. The Kier molecular flexibility index (Phi) is 6.18. The lowest BCUT2D eigenvalue weighted by Gasteiger charge is -2.26. The molecule has 1 amide bonds. The van der Waals surface area contributed by atoms with Gasteiger partial charge in [0.15, 0.2) is 0 Å². The van der Waals surface area contributed by atoms with Crippen LogP contribution in [0.25, 0.3) is 11.1 Å². The van der Waals surface area contributed by atoms with Crippen LogP contribution in [0.3, 0.4) is 0 Å². The van der Waals surface area contributed by atoms with Gasteiger partial charge in [-0.05, 0) is 29.8 Å². The summed E-state index contributed by atoms with van der Waals surface area (Å²) in [7, 11) is -1.98. The Balaban J connectivity index is 1.65. The van der Waals surface area contributed by atoms with E-state index in [0.717, 1.165) is 16.8 Å². The Labute approximate surface area is 182 Å². The fourth-order valence-electron chi connectivity index (χ4n) is 3.66. The normalized spacial score (nSPS) is 14.9. The van der Waals surface area contributed by atoms with Crippen molar-refractivity contribution in [2.24, 2.45) is 0 Å². The molecule has 0 radical (unpaired) electrons. The fourth-order valence-corrected chi connectivity index (χ4v) is 5.11. The summed E-state index contributed by atoms with van der Waals surface area (Å²) in [5.74, 6) is -0.276. The molecule has 0 N–H and O–H groups in total. The predicted molar refractivity (Wildman–Crippen MR) is 121 cm³/mol. The van der Waals surface area contributed by atoms with Gasteiger partial charge in [-0.3, -0.25) is 4.79 Å². The Morgan fingerprint density at radius 1 is 0.903 bits per heavy atom. The SMILES string of the molecule is CN(C(=O)c1cccc(S(=O)(=O)N2CCOCC2)c1)c1ccccc1-c1ccccc1. The van der Waals surface area contributed by atoms with E-state index in [1.54, 1.807) is 24.1 Å². The number of ether oxygens (including phenoxy) is 1. The molecule has 1 fully saturated rings. The summed E-state index contributed by atoms with van der Waals surface area (Å²) in [6.45, 7) is 1.36. The first kappa shape index (κ1) is 21.2. The molecule has 4 rings (SSSR count). The molecule has 1 saturated heterocycles. The maximum Gasteiger partial charge on any atom is 0.258 e. The van der Waals surface area contributed by atoms with Crippen LogP contribution in [0, 0.1) is 0 Å². The van der Waals surface area contributed by atoms with Crippen LogP contribution in [0.15, 0.2) is 83.8 Å². The molecular weight excluding hydrogens is 412 g/mol. The number of hydrogen-bond acceptors (Lipinski definition) is 4. The van der Waals surface area contributed by atoms with Gasteiger partial charge in [-0.25, -0.2) is 8.42 Å². The number of carbonyl (C=O) groups is 1. The van der Waals surface area contributed by atoms with Gasteiger partial charge in [-0.1, -0.05) is 54.6 Å². The van der Waals surface area contributed by atoms with Crippen LogP contribution in [0.1, 0.15) is 10.4 Å². The van der Waals surface area contributed by atoms with Gasteiger partial charge in [0.25, 0.3) is 5.91 Å². The highest BCUT2D eigenvalue weighted by atomic mass is 32.2. The smallest absolute Gasteiger partial charge is 0.258 e. The summed E-state index contributed by atoms with van der Waals surface area (Å²) in [5, 5.41) is 0. The maximum atomic E-state index is 13.3. The number of hydrogen-bond donors (Lipinski definition) is 0. The van der Waals surface area contributed by atoms with Crippen LogP contribution in [0.2, 0.25) is 0 Å². The first-order chi connectivity index (χ1) is 15.0. The predicted octanol–water partition coefficient (Wildman–Crippen LogP) is 3.65. The van der Waals surface area contributed by atoms with Gasteiger partial charge >= 0.3 is 0 Å². The Bertz CT molecular complexity index is 1170. The largest absolute Gasteiger partial charge is 0.379 e. The topological polar surface area (TPSA) is 66.9 Å². The second-order valence-electron chi connectivity index (χ2n) is 7.29. The van der Waals surface area contributed by atoms with Crippen molar-refractivity contribution in [1.29, 1.82) is 0 Å². The molecule has 31 heavy (non-hydrogen) atoms. The van der Waals surface area contributed by atoms with E-state index in [2.05, 4.69) is 0 Å². The summed E-state index contributed by atoms with van der Waals surface area (Å²) >= 11 is 0. The quantitative estimate of drug-likeness (QED) is 0.612. The number of carbonyl (C=O) groups excluding carboxylic acids is 1. The highest BCUT2D eigenvalue weighted by molar-refractivity contribution is 7.89. The molecule has 3 aromatic rings. The van der Waals surface area contributed by atoms with Crippen LogP contribution in [-0.2, 0) is 14.8 Å². The lowest BCUT2D eigenvalue weighted by Crippen LogP contribution is -2.40. The van der Waals surface area contributed by atoms with Crippen LogP contribution in [-0.4, -0.2) is 52.0 Å². The number of nitrogens with zero attached hydrogens (tertiary/aromatic N) is 2. The van der Waals surface area contributed by atoms with Crippen LogP contribution in [0.4, 0.5) is 5.69 Å². The molecule has 0 aliphatic carbocycles. The third kappa shape index (κ3) is 4.39. The van der Waals surface area contributed by atoms with E-state index in [9.17, 15) is 13.2 Å². The van der Waals surface area contributed by atoms with E-state index < -0.39 is 10.0 Å². The summed E-state index contributed by atoms with van der Waals surface area (Å²) < 4.78 is 32.6. The Hall–Kier alpha value is -3.00. The molecule has 0 aromatic heterocycles. The van der Waals surface area contributed by atoms with E-state index in [1.165, 1.54) is 16.4 Å². The average molecular weight is 437 g/mol. The second-order valence-corrected chi connectivity index (χ2v) is 9.23. The van der Waals surface area contributed by atoms with E-state index in [0.29, 0.717) is 31.9 Å². The lowest BCUT2D eigenvalue weighted by atomic mass is 10.0. The summed E-state index contributed by atoms with van der Waals surface area (Å²) in [4.78, 5) is 15.0. The number of benzene rings is 3. The molecular formula is C24H24N2O4S. The minimum absolute atomic E-state index is 0.116. The van der Waals surface area contributed by atoms with E-state index >= 15 is 0 Å². The van der Waals surface area contributed by atoms with Crippen molar-refractivity contribution in [3.8, 4) is 11.1 Å². The minimum Gasteiger partial charge on any atom is -0.379 e. The van der Waals surface area contributed by atoms with Crippen molar-refractivity contribution in [3.63, 3.8) is 0 Å². The molecule has 0 atom stereocenters. The van der Waals surface area contributed by atoms with E-state index in [4.69, 9.17) is 4.74 Å². The van der Waals surface area contributed by atoms with Gasteiger partial charge in [-0.2, -0.15) is 4.31 Å². The minimum atomic E-state index is -3.68. The van der Waals surface area contributed by atoms with Crippen LogP contribution < -0.4 is 4.90 Å². The van der Waals surface area contributed by atoms with E-state index in [1.807, 2.05) is 54.6 Å². The summed E-state index contributed by atoms with van der Waals surface area (Å²) in [5.41, 5.74) is 3.00. The van der Waals surface area contributed by atoms with Crippen molar-refractivity contribution in [2.45, 2.75) is 4.90 Å². The monoisotopic (exact) mass is 436 g/mol. The zero-order valence-corrected chi connectivity index (χ0v) is 18.1. The third-order valence-electron chi connectivity index (χ3n) is 5.34. The summed E-state index contributed by atoms with van der Waals surface area (Å²) in [6, 6.07) is 23.7. The van der Waals surface area contributed by atoms with Crippen molar-refractivity contribution in [1.82, 2.24) is 4.31 Å². The number of morpholine rings is 1. The standard InChI is InChI=1S/C24H24N2O4S/c1-25(23-13-6-5-12-22(23)19-8-3-2-4-9-19)24(27)20-10-7-11-21(18-20)31(28,29)26-14-16-30-17-15-26/h2-13,18H,14-17H2,1H3. The van der Waals surface area contributed by atoms with Crippen molar-refractivity contribution >= 4 is 21.6 Å². The molecule has 1 heterocycles. The molecule has 7 heteroatoms. The molecule has 6 nitrogen and oxygen atoms in total. The Morgan fingerprint density at radius 2 is 1.58 bits per heavy atom. The van der Waals surface area contributed by atoms with Gasteiger partial charge in [0.05, 0.1) is 23.8 Å². The highest BCUT2D eigenvalue weighted by Gasteiger charge is 2.27. The number of amides is 1.